The lowest BCUT2D eigenvalue weighted by Crippen LogP contribution is -2.19. The maximum Gasteiger partial charge on any atom is 0.196 e. The molecule has 0 fully saturated rings. The van der Waals surface area contributed by atoms with E-state index in [-0.39, 0.29) is 0 Å². The van der Waals surface area contributed by atoms with Crippen molar-refractivity contribution in [2.45, 2.75) is 19.3 Å². The molecule has 0 aliphatic carbocycles. The predicted molar refractivity (Wildman–Crippen MR) is 84.8 cm³/mol. The Morgan fingerprint density at radius 2 is 2.14 bits per heavy atom. The number of carbonyl (C=O) groups is 1. The van der Waals surface area contributed by atoms with E-state index in [1.165, 1.54) is 17.7 Å². The van der Waals surface area contributed by atoms with Crippen molar-refractivity contribution in [2.24, 2.45) is 0 Å². The largest absolute Gasteiger partial charge is 0.324 e. The molecule has 0 atom stereocenters. The van der Waals surface area contributed by atoms with E-state index in [1.54, 1.807) is 11.3 Å². The van der Waals surface area contributed by atoms with E-state index in [0.717, 1.165) is 36.5 Å². The van der Waals surface area contributed by atoms with Gasteiger partial charge in [-0.2, -0.15) is 0 Å². The number of thiazole rings is 1. The monoisotopic (exact) mass is 297 g/mol. The Kier molecular flexibility index (Phi) is 3.00. The normalized spacial score (nSPS) is 15.0. The number of imidazole rings is 1. The third-order valence-corrected chi connectivity index (χ3v) is 4.76. The van der Waals surface area contributed by atoms with Gasteiger partial charge in [-0.3, -0.25) is 9.20 Å². The fourth-order valence-corrected chi connectivity index (χ4v) is 3.73. The molecular formula is C16H15N3OS. The van der Waals surface area contributed by atoms with E-state index in [4.69, 9.17) is 0 Å². The zero-order chi connectivity index (χ0) is 14.2. The smallest absolute Gasteiger partial charge is 0.196 e. The van der Waals surface area contributed by atoms with Crippen LogP contribution in [-0.2, 0) is 6.42 Å². The third kappa shape index (κ3) is 1.96. The molecule has 0 bridgehead atoms. The van der Waals surface area contributed by atoms with Crippen LogP contribution >= 0.6 is 11.3 Å². The molecule has 0 spiro atoms. The molecule has 5 heteroatoms. The summed E-state index contributed by atoms with van der Waals surface area (Å²) in [5, 5.41) is 1.95. The lowest BCUT2D eigenvalue weighted by atomic mass is 10.1. The van der Waals surface area contributed by atoms with Crippen LogP contribution in [-0.4, -0.2) is 22.2 Å². The van der Waals surface area contributed by atoms with Gasteiger partial charge in [-0.25, -0.2) is 4.98 Å². The van der Waals surface area contributed by atoms with E-state index in [1.807, 2.05) is 16.0 Å². The first kappa shape index (κ1) is 12.6. The van der Waals surface area contributed by atoms with Gasteiger partial charge in [0, 0.05) is 23.8 Å². The number of rotatable bonds is 2. The van der Waals surface area contributed by atoms with Gasteiger partial charge in [-0.15, -0.1) is 11.3 Å². The maximum absolute atomic E-state index is 11.6. The number of para-hydroxylation sites is 1. The minimum atomic E-state index is 0.642. The van der Waals surface area contributed by atoms with Crippen LogP contribution in [0.2, 0.25) is 0 Å². The van der Waals surface area contributed by atoms with Crippen molar-refractivity contribution in [3.63, 3.8) is 0 Å². The molecule has 1 aliphatic rings. The Labute approximate surface area is 126 Å². The number of hydrogen-bond donors (Lipinski definition) is 0. The summed E-state index contributed by atoms with van der Waals surface area (Å²) in [7, 11) is 0. The van der Waals surface area contributed by atoms with E-state index in [2.05, 4.69) is 34.1 Å². The fourth-order valence-electron chi connectivity index (χ4n) is 3.01. The minimum Gasteiger partial charge on any atom is -0.324 e. The van der Waals surface area contributed by atoms with Crippen molar-refractivity contribution in [3.8, 4) is 0 Å². The van der Waals surface area contributed by atoms with Crippen molar-refractivity contribution in [1.29, 1.82) is 0 Å². The van der Waals surface area contributed by atoms with E-state index >= 15 is 0 Å². The van der Waals surface area contributed by atoms with Crippen molar-refractivity contribution in [1.82, 2.24) is 9.38 Å². The molecule has 0 unspecified atom stereocenters. The molecule has 4 rings (SSSR count). The molecule has 0 saturated carbocycles. The van der Waals surface area contributed by atoms with Crippen LogP contribution in [0.15, 0.2) is 35.8 Å². The van der Waals surface area contributed by atoms with Gasteiger partial charge in [-0.1, -0.05) is 18.2 Å². The van der Waals surface area contributed by atoms with Crippen molar-refractivity contribution in [3.05, 3.63) is 47.1 Å². The molecule has 21 heavy (non-hydrogen) atoms. The summed E-state index contributed by atoms with van der Waals surface area (Å²) < 4.78 is 1.88. The van der Waals surface area contributed by atoms with Gasteiger partial charge in [0.05, 0.1) is 0 Å². The Morgan fingerprint density at radius 3 is 3.05 bits per heavy atom. The molecule has 0 N–H and O–H groups in total. The minimum absolute atomic E-state index is 0.642. The highest BCUT2D eigenvalue weighted by molar-refractivity contribution is 7.15. The van der Waals surface area contributed by atoms with Crippen LogP contribution in [0.5, 0.6) is 0 Å². The highest BCUT2D eigenvalue weighted by atomic mass is 32.1. The SMILES string of the molecule is O=Cc1c(N2CCCCc3ccccc32)nc2sccn12. The summed E-state index contributed by atoms with van der Waals surface area (Å²) in [5.41, 5.74) is 3.16. The molecule has 0 saturated heterocycles. The molecule has 1 aliphatic heterocycles. The zero-order valence-corrected chi connectivity index (χ0v) is 12.3. The molecule has 0 radical (unpaired) electrons. The van der Waals surface area contributed by atoms with Gasteiger partial charge in [0.25, 0.3) is 0 Å². The van der Waals surface area contributed by atoms with Crippen LogP contribution in [0.25, 0.3) is 4.96 Å². The van der Waals surface area contributed by atoms with Gasteiger partial charge in [0.15, 0.2) is 17.1 Å². The van der Waals surface area contributed by atoms with Crippen LogP contribution in [0.1, 0.15) is 28.9 Å². The summed E-state index contributed by atoms with van der Waals surface area (Å²) in [6.07, 6.45) is 6.19. The number of carbonyl (C=O) groups excluding carboxylic acids is 1. The highest BCUT2D eigenvalue weighted by Crippen LogP contribution is 2.34. The van der Waals surface area contributed by atoms with Gasteiger partial charge in [0.2, 0.25) is 0 Å². The first-order chi connectivity index (χ1) is 10.4. The second kappa shape index (κ2) is 5.00. The summed E-state index contributed by atoms with van der Waals surface area (Å²) in [4.78, 5) is 19.3. The second-order valence-electron chi connectivity index (χ2n) is 5.23. The summed E-state index contributed by atoms with van der Waals surface area (Å²) in [6.45, 7) is 0.905. The molecular weight excluding hydrogens is 282 g/mol. The first-order valence-corrected chi connectivity index (χ1v) is 8.02. The van der Waals surface area contributed by atoms with Gasteiger partial charge in [0.1, 0.15) is 5.69 Å². The van der Waals surface area contributed by atoms with Crippen LogP contribution in [0, 0.1) is 0 Å². The average molecular weight is 297 g/mol. The topological polar surface area (TPSA) is 37.6 Å². The number of benzene rings is 1. The number of hydrogen-bond acceptors (Lipinski definition) is 4. The quantitative estimate of drug-likeness (QED) is 0.677. The van der Waals surface area contributed by atoms with Crippen molar-refractivity contribution < 1.29 is 4.79 Å². The van der Waals surface area contributed by atoms with Crippen molar-refractivity contribution in [2.75, 3.05) is 11.4 Å². The number of aldehydes is 1. The molecule has 0 amide bonds. The summed E-state index contributed by atoms with van der Waals surface area (Å²) in [6, 6.07) is 8.43. The standard InChI is InChI=1S/C16H15N3OS/c20-11-14-15(17-16-19(14)9-10-21-16)18-8-4-3-6-12-5-1-2-7-13(12)18/h1-2,5,7,9-11H,3-4,6,8H2. The van der Waals surface area contributed by atoms with E-state index in [0.29, 0.717) is 5.69 Å². The Bertz CT molecular complexity index is 805. The summed E-state index contributed by atoms with van der Waals surface area (Å²) >= 11 is 1.55. The van der Waals surface area contributed by atoms with Crippen molar-refractivity contribution >= 4 is 34.1 Å². The Hall–Kier alpha value is -2.14. The molecule has 3 aromatic rings. The van der Waals surface area contributed by atoms with E-state index < -0.39 is 0 Å². The molecule has 3 heterocycles. The molecule has 1 aromatic carbocycles. The van der Waals surface area contributed by atoms with Gasteiger partial charge >= 0.3 is 0 Å². The lowest BCUT2D eigenvalue weighted by molar-refractivity contribution is 0.111. The number of aryl methyl sites for hydroxylation is 1. The van der Waals surface area contributed by atoms with E-state index in [9.17, 15) is 4.79 Å². The van der Waals surface area contributed by atoms with Gasteiger partial charge < -0.3 is 4.90 Å². The maximum atomic E-state index is 11.6. The second-order valence-corrected chi connectivity index (χ2v) is 6.10. The molecule has 2 aromatic heterocycles. The third-order valence-electron chi connectivity index (χ3n) is 4.01. The zero-order valence-electron chi connectivity index (χ0n) is 11.5. The van der Waals surface area contributed by atoms with Crippen LogP contribution in [0.4, 0.5) is 11.5 Å². The summed E-state index contributed by atoms with van der Waals surface area (Å²) in [5.74, 6) is 0.784. The number of aromatic nitrogens is 2. The Morgan fingerprint density at radius 1 is 1.24 bits per heavy atom. The first-order valence-electron chi connectivity index (χ1n) is 7.14. The van der Waals surface area contributed by atoms with Crippen LogP contribution in [0.3, 0.4) is 0 Å². The number of fused-ring (bicyclic) bond motifs is 2. The van der Waals surface area contributed by atoms with Gasteiger partial charge in [-0.05, 0) is 30.9 Å². The number of nitrogens with zero attached hydrogens (tertiary/aromatic N) is 3. The molecule has 4 nitrogen and oxygen atoms in total. The lowest BCUT2D eigenvalue weighted by Gasteiger charge is -2.23. The Balaban J connectivity index is 1.91. The highest BCUT2D eigenvalue weighted by Gasteiger charge is 2.23. The number of anilines is 2. The van der Waals surface area contributed by atoms with Crippen LogP contribution < -0.4 is 4.90 Å². The predicted octanol–water partition coefficient (Wildman–Crippen LogP) is 3.68. The average Bonchev–Trinajstić information content (AvgIpc) is 3.02. The molecule has 106 valence electrons. The fraction of sp³-hybridized carbons (Fsp3) is 0.250.